The largest absolute Gasteiger partial charge is 0.385 e. The SMILES string of the molecule is CCCNc1ccnc(CN(C)Cc2cccc(Cl)c2)c1. The average Bonchev–Trinajstić information content (AvgIpc) is 2.45. The molecule has 0 unspecified atom stereocenters. The summed E-state index contributed by atoms with van der Waals surface area (Å²) in [6.07, 6.45) is 2.98. The van der Waals surface area contributed by atoms with Crippen LogP contribution in [0.15, 0.2) is 42.6 Å². The molecule has 2 rings (SSSR count). The van der Waals surface area contributed by atoms with E-state index in [-0.39, 0.29) is 0 Å². The van der Waals surface area contributed by atoms with Gasteiger partial charge in [-0.05, 0) is 43.3 Å². The number of aromatic nitrogens is 1. The van der Waals surface area contributed by atoms with Gasteiger partial charge in [0.25, 0.3) is 0 Å². The van der Waals surface area contributed by atoms with Gasteiger partial charge in [0.1, 0.15) is 0 Å². The first-order chi connectivity index (χ1) is 10.2. The molecule has 2 aromatic rings. The third-order valence-corrected chi connectivity index (χ3v) is 3.40. The molecule has 0 bridgehead atoms. The summed E-state index contributed by atoms with van der Waals surface area (Å²) < 4.78 is 0. The van der Waals surface area contributed by atoms with E-state index in [4.69, 9.17) is 11.6 Å². The summed E-state index contributed by atoms with van der Waals surface area (Å²) in [4.78, 5) is 6.67. The zero-order valence-corrected chi connectivity index (χ0v) is 13.4. The lowest BCUT2D eigenvalue weighted by molar-refractivity contribution is 0.315. The minimum atomic E-state index is 0.782. The number of anilines is 1. The van der Waals surface area contributed by atoms with Gasteiger partial charge < -0.3 is 5.32 Å². The molecule has 21 heavy (non-hydrogen) atoms. The van der Waals surface area contributed by atoms with Crippen LogP contribution in [-0.2, 0) is 13.1 Å². The molecular weight excluding hydrogens is 282 g/mol. The molecule has 4 heteroatoms. The van der Waals surface area contributed by atoms with Gasteiger partial charge in [0.05, 0.1) is 5.69 Å². The molecule has 0 fully saturated rings. The molecule has 0 amide bonds. The van der Waals surface area contributed by atoms with Crippen molar-refractivity contribution in [1.29, 1.82) is 0 Å². The van der Waals surface area contributed by atoms with Crippen LogP contribution in [0.2, 0.25) is 5.02 Å². The van der Waals surface area contributed by atoms with E-state index < -0.39 is 0 Å². The van der Waals surface area contributed by atoms with Crippen molar-refractivity contribution in [3.05, 3.63) is 58.9 Å². The normalized spacial score (nSPS) is 10.9. The molecule has 0 aliphatic carbocycles. The van der Waals surface area contributed by atoms with E-state index in [9.17, 15) is 0 Å². The van der Waals surface area contributed by atoms with Crippen LogP contribution in [0.3, 0.4) is 0 Å². The van der Waals surface area contributed by atoms with Crippen molar-refractivity contribution >= 4 is 17.3 Å². The fraction of sp³-hybridized carbons (Fsp3) is 0.353. The lowest BCUT2D eigenvalue weighted by Gasteiger charge is -2.17. The first-order valence-corrected chi connectivity index (χ1v) is 7.67. The maximum absolute atomic E-state index is 6.02. The number of hydrogen-bond acceptors (Lipinski definition) is 3. The van der Waals surface area contributed by atoms with Gasteiger partial charge in [-0.2, -0.15) is 0 Å². The molecule has 1 heterocycles. The summed E-state index contributed by atoms with van der Waals surface area (Å²) in [6, 6.07) is 12.1. The Labute approximate surface area is 132 Å². The summed E-state index contributed by atoms with van der Waals surface area (Å²) in [5, 5.41) is 4.17. The quantitative estimate of drug-likeness (QED) is 0.831. The van der Waals surface area contributed by atoms with E-state index in [1.54, 1.807) is 0 Å². The highest BCUT2D eigenvalue weighted by molar-refractivity contribution is 6.30. The summed E-state index contributed by atoms with van der Waals surface area (Å²) in [7, 11) is 2.09. The van der Waals surface area contributed by atoms with Gasteiger partial charge in [-0.3, -0.25) is 9.88 Å². The number of benzene rings is 1. The molecule has 112 valence electrons. The fourth-order valence-electron chi connectivity index (χ4n) is 2.22. The van der Waals surface area contributed by atoms with E-state index >= 15 is 0 Å². The molecule has 0 aliphatic heterocycles. The predicted octanol–water partition coefficient (Wildman–Crippen LogP) is 4.19. The highest BCUT2D eigenvalue weighted by atomic mass is 35.5. The second-order valence-corrected chi connectivity index (χ2v) is 5.70. The van der Waals surface area contributed by atoms with Gasteiger partial charge in [0.15, 0.2) is 0 Å². The van der Waals surface area contributed by atoms with Gasteiger partial charge in [-0.25, -0.2) is 0 Å². The van der Waals surface area contributed by atoms with Crippen molar-refractivity contribution in [2.75, 3.05) is 18.9 Å². The molecule has 0 spiro atoms. The molecular formula is C17H22ClN3. The number of halogens is 1. The molecule has 0 saturated heterocycles. The van der Waals surface area contributed by atoms with Crippen LogP contribution in [0.5, 0.6) is 0 Å². The number of pyridine rings is 1. The molecule has 0 atom stereocenters. The van der Waals surface area contributed by atoms with Crippen LogP contribution >= 0.6 is 11.6 Å². The molecule has 0 radical (unpaired) electrons. The van der Waals surface area contributed by atoms with E-state index in [1.165, 1.54) is 5.56 Å². The summed E-state index contributed by atoms with van der Waals surface area (Å²) in [5.74, 6) is 0. The lowest BCUT2D eigenvalue weighted by atomic mass is 10.2. The van der Waals surface area contributed by atoms with Gasteiger partial charge in [0.2, 0.25) is 0 Å². The van der Waals surface area contributed by atoms with Crippen molar-refractivity contribution in [2.24, 2.45) is 0 Å². The summed E-state index contributed by atoms with van der Waals surface area (Å²) >= 11 is 6.02. The standard InChI is InChI=1S/C17H22ClN3/c1-3-8-19-16-7-9-20-17(11-16)13-21(2)12-14-5-4-6-15(18)10-14/h4-7,9-11H,3,8,12-13H2,1-2H3,(H,19,20). The highest BCUT2D eigenvalue weighted by Gasteiger charge is 2.04. The van der Waals surface area contributed by atoms with Crippen LogP contribution in [0.25, 0.3) is 0 Å². The second-order valence-electron chi connectivity index (χ2n) is 5.26. The average molecular weight is 304 g/mol. The number of rotatable bonds is 7. The van der Waals surface area contributed by atoms with Crippen LogP contribution in [0, 0.1) is 0 Å². The van der Waals surface area contributed by atoms with Crippen LogP contribution in [-0.4, -0.2) is 23.5 Å². The van der Waals surface area contributed by atoms with Crippen LogP contribution in [0.4, 0.5) is 5.69 Å². The molecule has 1 aromatic heterocycles. The van der Waals surface area contributed by atoms with Crippen LogP contribution < -0.4 is 5.32 Å². The fourth-order valence-corrected chi connectivity index (χ4v) is 2.44. The Kier molecular flexibility index (Phi) is 6.03. The van der Waals surface area contributed by atoms with Gasteiger partial charge in [-0.1, -0.05) is 30.7 Å². The molecule has 3 nitrogen and oxygen atoms in total. The van der Waals surface area contributed by atoms with Crippen molar-refractivity contribution < 1.29 is 0 Å². The van der Waals surface area contributed by atoms with E-state index in [0.29, 0.717) is 0 Å². The first-order valence-electron chi connectivity index (χ1n) is 7.29. The predicted molar refractivity (Wildman–Crippen MR) is 89.6 cm³/mol. The number of hydrogen-bond donors (Lipinski definition) is 1. The smallest absolute Gasteiger partial charge is 0.0564 e. The maximum atomic E-state index is 6.02. The topological polar surface area (TPSA) is 28.2 Å². The molecule has 1 aromatic carbocycles. The van der Waals surface area contributed by atoms with E-state index in [0.717, 1.165) is 42.5 Å². The Bertz CT molecular complexity index is 571. The number of nitrogens with zero attached hydrogens (tertiary/aromatic N) is 2. The van der Waals surface area contributed by atoms with E-state index in [1.807, 2.05) is 30.5 Å². The van der Waals surface area contributed by atoms with Crippen molar-refractivity contribution in [2.45, 2.75) is 26.4 Å². The third-order valence-electron chi connectivity index (χ3n) is 3.17. The first kappa shape index (κ1) is 15.8. The summed E-state index contributed by atoms with van der Waals surface area (Å²) in [5.41, 5.74) is 3.42. The van der Waals surface area contributed by atoms with Crippen LogP contribution in [0.1, 0.15) is 24.6 Å². The van der Waals surface area contributed by atoms with Gasteiger partial charge in [-0.15, -0.1) is 0 Å². The van der Waals surface area contributed by atoms with Crippen molar-refractivity contribution in [3.8, 4) is 0 Å². The summed E-state index contributed by atoms with van der Waals surface area (Å²) in [6.45, 7) is 4.82. The second kappa shape index (κ2) is 8.01. The van der Waals surface area contributed by atoms with Gasteiger partial charge in [0, 0.05) is 36.5 Å². The lowest BCUT2D eigenvalue weighted by Crippen LogP contribution is -2.18. The third kappa shape index (κ3) is 5.37. The maximum Gasteiger partial charge on any atom is 0.0564 e. The van der Waals surface area contributed by atoms with Crippen molar-refractivity contribution in [3.63, 3.8) is 0 Å². The number of nitrogens with one attached hydrogen (secondary N) is 1. The molecule has 0 saturated carbocycles. The Morgan fingerprint density at radius 3 is 2.81 bits per heavy atom. The molecule has 0 aliphatic rings. The Morgan fingerprint density at radius 1 is 1.19 bits per heavy atom. The van der Waals surface area contributed by atoms with Gasteiger partial charge >= 0.3 is 0 Å². The van der Waals surface area contributed by atoms with Crippen molar-refractivity contribution in [1.82, 2.24) is 9.88 Å². The zero-order chi connectivity index (χ0) is 15.1. The minimum absolute atomic E-state index is 0.782. The molecule has 1 N–H and O–H groups in total. The monoisotopic (exact) mass is 303 g/mol. The Hall–Kier alpha value is -1.58. The van der Waals surface area contributed by atoms with E-state index in [2.05, 4.69) is 41.3 Å². The minimum Gasteiger partial charge on any atom is -0.385 e. The highest BCUT2D eigenvalue weighted by Crippen LogP contribution is 2.14. The Morgan fingerprint density at radius 2 is 2.05 bits per heavy atom. The zero-order valence-electron chi connectivity index (χ0n) is 12.6. The Balaban J connectivity index is 1.94.